The number of unbranched alkanes of at least 4 members (excludes halogenated alkanes) is 4. The van der Waals surface area contributed by atoms with Crippen LogP contribution in [0.1, 0.15) is 49.4 Å². The second kappa shape index (κ2) is 12.4. The number of rotatable bonds is 12. The lowest BCUT2D eigenvalue weighted by atomic mass is 10.2. The van der Waals surface area contributed by atoms with Crippen LogP contribution in [0.15, 0.2) is 48.5 Å². The maximum absolute atomic E-state index is 12.1. The van der Waals surface area contributed by atoms with Crippen molar-refractivity contribution in [2.75, 3.05) is 30.9 Å². The number of anilines is 2. The van der Waals surface area contributed by atoms with E-state index in [0.29, 0.717) is 17.9 Å². The summed E-state index contributed by atoms with van der Waals surface area (Å²) in [6.45, 7) is 3.03. The van der Waals surface area contributed by atoms with Crippen LogP contribution in [-0.2, 0) is 9.53 Å². The van der Waals surface area contributed by atoms with Crippen LogP contribution in [0, 0.1) is 0 Å². The molecule has 0 fully saturated rings. The third-order valence-electron chi connectivity index (χ3n) is 4.39. The molecule has 0 aliphatic rings. The van der Waals surface area contributed by atoms with Gasteiger partial charge in [0.25, 0.3) is 0 Å². The molecule has 1 amide bonds. The van der Waals surface area contributed by atoms with E-state index in [4.69, 9.17) is 4.74 Å². The van der Waals surface area contributed by atoms with Gasteiger partial charge >= 0.3 is 5.97 Å². The fourth-order valence-corrected chi connectivity index (χ4v) is 2.79. The predicted octanol–water partition coefficient (Wildman–Crippen LogP) is 4.87. The van der Waals surface area contributed by atoms with Crippen LogP contribution in [0.2, 0.25) is 0 Å². The topological polar surface area (TPSA) is 76.7 Å². The van der Waals surface area contributed by atoms with E-state index in [1.54, 1.807) is 24.3 Å². The Bertz CT molecular complexity index is 775. The number of carbonyl (C=O) groups is 2. The molecule has 6 heteroatoms. The number of carbonyl (C=O) groups excluding carboxylic acids is 2. The summed E-state index contributed by atoms with van der Waals surface area (Å²) in [5.41, 5.74) is 1.88. The van der Waals surface area contributed by atoms with Crippen LogP contribution in [0.5, 0.6) is 5.75 Å². The minimum Gasteiger partial charge on any atom is -0.494 e. The van der Waals surface area contributed by atoms with Crippen LogP contribution < -0.4 is 15.4 Å². The first-order valence-corrected chi connectivity index (χ1v) is 10.1. The molecule has 0 aliphatic carbocycles. The first-order chi connectivity index (χ1) is 14.1. The van der Waals surface area contributed by atoms with Crippen LogP contribution in [0.3, 0.4) is 0 Å². The highest BCUT2D eigenvalue weighted by atomic mass is 16.5. The lowest BCUT2D eigenvalue weighted by molar-refractivity contribution is -0.114. The maximum Gasteiger partial charge on any atom is 0.337 e. The van der Waals surface area contributed by atoms with Gasteiger partial charge in [-0.1, -0.05) is 38.7 Å². The van der Waals surface area contributed by atoms with Crippen molar-refractivity contribution in [3.63, 3.8) is 0 Å². The number of nitrogens with one attached hydrogen (secondary N) is 2. The van der Waals surface area contributed by atoms with E-state index < -0.39 is 5.97 Å². The lowest BCUT2D eigenvalue weighted by Crippen LogP contribution is -2.21. The van der Waals surface area contributed by atoms with Gasteiger partial charge in [0, 0.05) is 17.4 Å². The summed E-state index contributed by atoms with van der Waals surface area (Å²) in [5, 5.41) is 5.88. The van der Waals surface area contributed by atoms with Crippen molar-refractivity contribution in [2.24, 2.45) is 0 Å². The van der Waals surface area contributed by atoms with Gasteiger partial charge in [-0.2, -0.15) is 0 Å². The molecule has 156 valence electrons. The van der Waals surface area contributed by atoms with Crippen molar-refractivity contribution in [1.82, 2.24) is 0 Å². The van der Waals surface area contributed by atoms with Gasteiger partial charge in [-0.15, -0.1) is 0 Å². The minimum atomic E-state index is -0.410. The molecule has 0 aromatic heterocycles. The van der Waals surface area contributed by atoms with Crippen LogP contribution >= 0.6 is 0 Å². The van der Waals surface area contributed by atoms with Gasteiger partial charge in [-0.25, -0.2) is 4.79 Å². The van der Waals surface area contributed by atoms with E-state index in [-0.39, 0.29) is 12.5 Å². The molecule has 0 saturated heterocycles. The summed E-state index contributed by atoms with van der Waals surface area (Å²) in [6.07, 6.45) is 6.00. The molecule has 2 rings (SSSR count). The highest BCUT2D eigenvalue weighted by Gasteiger charge is 2.07. The molecule has 0 radical (unpaired) electrons. The Kier molecular flexibility index (Phi) is 9.55. The van der Waals surface area contributed by atoms with Crippen molar-refractivity contribution in [2.45, 2.75) is 39.0 Å². The molecule has 6 nitrogen and oxygen atoms in total. The minimum absolute atomic E-state index is 0.124. The highest BCUT2D eigenvalue weighted by Crippen LogP contribution is 2.18. The van der Waals surface area contributed by atoms with Crippen LogP contribution in [-0.4, -0.2) is 32.1 Å². The van der Waals surface area contributed by atoms with Gasteiger partial charge < -0.3 is 20.1 Å². The number of esters is 1. The van der Waals surface area contributed by atoms with E-state index in [9.17, 15) is 9.59 Å². The number of ether oxygens (including phenoxy) is 2. The van der Waals surface area contributed by atoms with E-state index in [1.165, 1.54) is 32.8 Å². The molecule has 29 heavy (non-hydrogen) atoms. The zero-order chi connectivity index (χ0) is 20.9. The lowest BCUT2D eigenvalue weighted by Gasteiger charge is -2.10. The van der Waals surface area contributed by atoms with Crippen molar-refractivity contribution in [1.29, 1.82) is 0 Å². The van der Waals surface area contributed by atoms with E-state index in [1.807, 2.05) is 24.3 Å². The number of hydrogen-bond donors (Lipinski definition) is 2. The summed E-state index contributed by atoms with van der Waals surface area (Å²) in [7, 11) is 1.33. The third-order valence-corrected chi connectivity index (χ3v) is 4.39. The summed E-state index contributed by atoms with van der Waals surface area (Å²) < 4.78 is 10.4. The van der Waals surface area contributed by atoms with Gasteiger partial charge in [0.1, 0.15) is 5.75 Å². The van der Waals surface area contributed by atoms with Crippen molar-refractivity contribution in [3.8, 4) is 5.75 Å². The molecule has 0 unspecified atom stereocenters. The van der Waals surface area contributed by atoms with E-state index in [2.05, 4.69) is 22.3 Å². The van der Waals surface area contributed by atoms with Gasteiger partial charge in [0.15, 0.2) is 0 Å². The summed E-state index contributed by atoms with van der Waals surface area (Å²) >= 11 is 0. The Balaban J connectivity index is 1.74. The van der Waals surface area contributed by atoms with Crippen molar-refractivity contribution < 1.29 is 19.1 Å². The number of hydrogen-bond acceptors (Lipinski definition) is 5. The first-order valence-electron chi connectivity index (χ1n) is 10.1. The van der Waals surface area contributed by atoms with E-state index in [0.717, 1.165) is 17.9 Å². The number of methoxy groups -OCH3 is 1. The fourth-order valence-electron chi connectivity index (χ4n) is 2.79. The second-order valence-corrected chi connectivity index (χ2v) is 6.76. The number of benzene rings is 2. The highest BCUT2D eigenvalue weighted by molar-refractivity contribution is 5.95. The molecule has 2 N–H and O–H groups in total. The Morgan fingerprint density at radius 2 is 1.69 bits per heavy atom. The molecule has 2 aromatic rings. The normalized spacial score (nSPS) is 10.3. The molecule has 0 bridgehead atoms. The molecule has 2 aromatic carbocycles. The Morgan fingerprint density at radius 1 is 0.931 bits per heavy atom. The molecule has 0 atom stereocenters. The third kappa shape index (κ3) is 8.25. The molecular weight excluding hydrogens is 368 g/mol. The summed E-state index contributed by atoms with van der Waals surface area (Å²) in [4.78, 5) is 23.6. The number of amides is 1. The first kappa shape index (κ1) is 22.3. The zero-order valence-electron chi connectivity index (χ0n) is 17.2. The van der Waals surface area contributed by atoms with E-state index >= 15 is 0 Å². The summed E-state index contributed by atoms with van der Waals surface area (Å²) in [5.74, 6) is 0.204. The average molecular weight is 399 g/mol. The van der Waals surface area contributed by atoms with Gasteiger partial charge in [0.05, 0.1) is 25.8 Å². The Labute approximate surface area is 172 Å². The Hall–Kier alpha value is -3.02. The fraction of sp³-hybridized carbons (Fsp3) is 0.391. The molecule has 0 saturated carbocycles. The SMILES string of the molecule is CCCCCCCOc1cccc(NCC(=O)Nc2ccc(C(=O)OC)cc2)c1. The zero-order valence-corrected chi connectivity index (χ0v) is 17.2. The molecule has 0 heterocycles. The second-order valence-electron chi connectivity index (χ2n) is 6.76. The van der Waals surface area contributed by atoms with Gasteiger partial charge in [-0.3, -0.25) is 4.79 Å². The van der Waals surface area contributed by atoms with Gasteiger partial charge in [0.2, 0.25) is 5.91 Å². The molecule has 0 aliphatic heterocycles. The predicted molar refractivity (Wildman–Crippen MR) is 116 cm³/mol. The largest absolute Gasteiger partial charge is 0.494 e. The standard InChI is InChI=1S/C23H30N2O4/c1-3-4-5-6-7-15-29-21-10-8-9-20(16-21)24-17-22(26)25-19-13-11-18(12-14-19)23(27)28-2/h8-14,16,24H,3-7,15,17H2,1-2H3,(H,25,26). The van der Waals surface area contributed by atoms with Crippen LogP contribution in [0.25, 0.3) is 0 Å². The van der Waals surface area contributed by atoms with Crippen molar-refractivity contribution >= 4 is 23.3 Å². The van der Waals surface area contributed by atoms with Gasteiger partial charge in [-0.05, 0) is 42.8 Å². The molecular formula is C23H30N2O4. The maximum atomic E-state index is 12.1. The monoisotopic (exact) mass is 398 g/mol. The van der Waals surface area contributed by atoms with Crippen molar-refractivity contribution in [3.05, 3.63) is 54.1 Å². The average Bonchev–Trinajstić information content (AvgIpc) is 2.75. The summed E-state index contributed by atoms with van der Waals surface area (Å²) in [6, 6.07) is 14.2. The Morgan fingerprint density at radius 3 is 2.41 bits per heavy atom. The molecule has 0 spiro atoms. The van der Waals surface area contributed by atoms with Crippen LogP contribution in [0.4, 0.5) is 11.4 Å². The smallest absolute Gasteiger partial charge is 0.337 e. The quantitative estimate of drug-likeness (QED) is 0.394.